The smallest absolute Gasteiger partial charge is 0.320 e. The quantitative estimate of drug-likeness (QED) is 0.819. The first-order valence-electron chi connectivity index (χ1n) is 8.76. The minimum atomic E-state index is -0.500. The number of hydrogen-bond donors (Lipinski definition) is 1. The zero-order valence-corrected chi connectivity index (χ0v) is 13.9. The lowest BCUT2D eigenvalue weighted by molar-refractivity contribution is -0.119. The standard InChI is InChI=1S/C19H23N3O2/c1-21-15-6-4-7-16(21)12-14(11-15)20-18(23)19(24)22-10-9-13-5-2-3-8-17(13)22/h2-3,5,8-10,14-16H,4,6-7,11-12H2,1H3,(H,20,23). The molecule has 2 atom stereocenters. The number of amides is 1. The molecular weight excluding hydrogens is 302 g/mol. The van der Waals surface area contributed by atoms with Gasteiger partial charge in [-0.1, -0.05) is 24.6 Å². The molecule has 5 nitrogen and oxygen atoms in total. The number of nitrogens with one attached hydrogen (secondary N) is 1. The molecule has 1 aromatic heterocycles. The van der Waals surface area contributed by atoms with Gasteiger partial charge < -0.3 is 10.2 Å². The highest BCUT2D eigenvalue weighted by Crippen LogP contribution is 2.32. The first-order valence-corrected chi connectivity index (χ1v) is 8.76. The largest absolute Gasteiger partial charge is 0.345 e. The summed E-state index contributed by atoms with van der Waals surface area (Å²) < 4.78 is 1.44. The van der Waals surface area contributed by atoms with Gasteiger partial charge in [0.15, 0.2) is 0 Å². The molecule has 0 saturated carbocycles. The first-order chi connectivity index (χ1) is 11.6. The number of benzene rings is 1. The fraction of sp³-hybridized carbons (Fsp3) is 0.474. The zero-order chi connectivity index (χ0) is 16.7. The minimum Gasteiger partial charge on any atom is -0.345 e. The van der Waals surface area contributed by atoms with Gasteiger partial charge in [0.2, 0.25) is 0 Å². The first kappa shape index (κ1) is 15.4. The van der Waals surface area contributed by atoms with Gasteiger partial charge in [0.25, 0.3) is 0 Å². The molecule has 5 heteroatoms. The number of fused-ring (bicyclic) bond motifs is 3. The van der Waals surface area contributed by atoms with E-state index in [9.17, 15) is 9.59 Å². The second kappa shape index (κ2) is 6.06. The van der Waals surface area contributed by atoms with E-state index in [1.165, 1.54) is 23.8 Å². The average molecular weight is 325 g/mol. The molecule has 4 rings (SSSR count). The number of carbonyl (C=O) groups is 2. The molecule has 1 aromatic carbocycles. The van der Waals surface area contributed by atoms with Crippen molar-refractivity contribution in [3.05, 3.63) is 36.5 Å². The maximum absolute atomic E-state index is 12.5. The van der Waals surface area contributed by atoms with E-state index in [0.29, 0.717) is 12.1 Å². The molecule has 2 unspecified atom stereocenters. The third-order valence-electron chi connectivity index (χ3n) is 5.69. The van der Waals surface area contributed by atoms with Gasteiger partial charge in [0.1, 0.15) is 0 Å². The van der Waals surface area contributed by atoms with Crippen molar-refractivity contribution in [2.45, 2.75) is 50.2 Å². The van der Waals surface area contributed by atoms with E-state index >= 15 is 0 Å². The monoisotopic (exact) mass is 325 g/mol. The molecule has 1 amide bonds. The Morgan fingerprint density at radius 2 is 1.79 bits per heavy atom. The van der Waals surface area contributed by atoms with E-state index in [1.54, 1.807) is 6.20 Å². The van der Waals surface area contributed by atoms with Crippen molar-refractivity contribution in [2.24, 2.45) is 0 Å². The van der Waals surface area contributed by atoms with E-state index in [1.807, 2.05) is 30.3 Å². The van der Waals surface area contributed by atoms with Gasteiger partial charge in [-0.2, -0.15) is 0 Å². The van der Waals surface area contributed by atoms with Crippen LogP contribution in [0.5, 0.6) is 0 Å². The lowest BCUT2D eigenvalue weighted by atomic mass is 9.82. The number of carbonyl (C=O) groups excluding carboxylic acids is 2. The Bertz CT molecular complexity index is 768. The zero-order valence-electron chi connectivity index (χ0n) is 13.9. The number of rotatable bonds is 1. The average Bonchev–Trinajstić information content (AvgIpc) is 2.99. The van der Waals surface area contributed by atoms with Gasteiger partial charge >= 0.3 is 11.8 Å². The Hall–Kier alpha value is -2.14. The lowest BCUT2D eigenvalue weighted by Gasteiger charge is -2.47. The summed E-state index contributed by atoms with van der Waals surface area (Å²) >= 11 is 0. The maximum Gasteiger partial charge on any atom is 0.320 e. The Kier molecular flexibility index (Phi) is 3.88. The highest BCUT2D eigenvalue weighted by molar-refractivity contribution is 6.37. The molecule has 2 aliphatic heterocycles. The number of para-hydroxylation sites is 1. The van der Waals surface area contributed by atoms with E-state index in [2.05, 4.69) is 17.3 Å². The second-order valence-electron chi connectivity index (χ2n) is 7.10. The lowest BCUT2D eigenvalue weighted by Crippen LogP contribution is -2.56. The topological polar surface area (TPSA) is 54.3 Å². The third kappa shape index (κ3) is 2.63. The molecule has 126 valence electrons. The van der Waals surface area contributed by atoms with E-state index in [0.717, 1.165) is 23.7 Å². The van der Waals surface area contributed by atoms with Gasteiger partial charge in [-0.05, 0) is 44.9 Å². The Balaban J connectivity index is 1.47. The van der Waals surface area contributed by atoms with E-state index in [-0.39, 0.29) is 6.04 Å². The van der Waals surface area contributed by atoms with Crippen molar-refractivity contribution in [2.75, 3.05) is 7.05 Å². The molecule has 2 bridgehead atoms. The highest BCUT2D eigenvalue weighted by Gasteiger charge is 2.37. The second-order valence-corrected chi connectivity index (χ2v) is 7.10. The number of aromatic nitrogens is 1. The third-order valence-corrected chi connectivity index (χ3v) is 5.69. The summed E-state index contributed by atoms with van der Waals surface area (Å²) in [7, 11) is 2.18. The SMILES string of the molecule is CN1C2CCCC1CC(NC(=O)C(=O)n1ccc3ccccc31)C2. The molecule has 3 heterocycles. The van der Waals surface area contributed by atoms with Crippen LogP contribution in [-0.4, -0.2) is 46.5 Å². The minimum absolute atomic E-state index is 0.106. The Morgan fingerprint density at radius 1 is 1.08 bits per heavy atom. The van der Waals surface area contributed by atoms with Crippen molar-refractivity contribution in [3.8, 4) is 0 Å². The van der Waals surface area contributed by atoms with Crippen molar-refractivity contribution in [1.82, 2.24) is 14.8 Å². The molecule has 24 heavy (non-hydrogen) atoms. The molecule has 2 fully saturated rings. The maximum atomic E-state index is 12.5. The number of piperidine rings is 2. The molecular formula is C19H23N3O2. The fourth-order valence-electron chi connectivity index (χ4n) is 4.35. The van der Waals surface area contributed by atoms with Crippen molar-refractivity contribution in [1.29, 1.82) is 0 Å². The highest BCUT2D eigenvalue weighted by atomic mass is 16.2. The van der Waals surface area contributed by atoms with Crippen molar-refractivity contribution < 1.29 is 9.59 Å². The summed E-state index contributed by atoms with van der Waals surface area (Å²) in [4.78, 5) is 27.5. The van der Waals surface area contributed by atoms with E-state index in [4.69, 9.17) is 0 Å². The molecule has 1 N–H and O–H groups in total. The van der Waals surface area contributed by atoms with Crippen molar-refractivity contribution in [3.63, 3.8) is 0 Å². The van der Waals surface area contributed by atoms with Crippen LogP contribution in [0, 0.1) is 0 Å². The normalized spacial score (nSPS) is 27.1. The van der Waals surface area contributed by atoms with Gasteiger partial charge in [0, 0.05) is 29.7 Å². The van der Waals surface area contributed by atoms with Crippen LogP contribution < -0.4 is 5.32 Å². The van der Waals surface area contributed by atoms with Gasteiger partial charge in [0.05, 0.1) is 5.52 Å². The molecule has 0 aliphatic carbocycles. The predicted octanol–water partition coefficient (Wildman–Crippen LogP) is 2.41. The van der Waals surface area contributed by atoms with Crippen LogP contribution in [0.25, 0.3) is 10.9 Å². The van der Waals surface area contributed by atoms with Crippen LogP contribution in [0.1, 0.15) is 36.9 Å². The fourth-order valence-corrected chi connectivity index (χ4v) is 4.35. The summed E-state index contributed by atoms with van der Waals surface area (Å²) in [5.41, 5.74) is 0.776. The van der Waals surface area contributed by atoms with Crippen LogP contribution in [-0.2, 0) is 4.79 Å². The summed E-state index contributed by atoms with van der Waals surface area (Å²) in [6, 6.07) is 10.6. The van der Waals surface area contributed by atoms with Crippen LogP contribution in [0.4, 0.5) is 0 Å². The molecule has 2 saturated heterocycles. The van der Waals surface area contributed by atoms with E-state index < -0.39 is 11.8 Å². The number of hydrogen-bond acceptors (Lipinski definition) is 3. The summed E-state index contributed by atoms with van der Waals surface area (Å²) in [5.74, 6) is -0.996. The van der Waals surface area contributed by atoms with Crippen LogP contribution in [0.2, 0.25) is 0 Å². The summed E-state index contributed by atoms with van der Waals surface area (Å²) in [5, 5.41) is 3.95. The van der Waals surface area contributed by atoms with Crippen LogP contribution in [0.3, 0.4) is 0 Å². The van der Waals surface area contributed by atoms with Gasteiger partial charge in [-0.15, -0.1) is 0 Å². The van der Waals surface area contributed by atoms with Gasteiger partial charge in [-0.25, -0.2) is 0 Å². The predicted molar refractivity (Wildman–Crippen MR) is 92.9 cm³/mol. The van der Waals surface area contributed by atoms with Gasteiger partial charge in [-0.3, -0.25) is 14.2 Å². The molecule has 0 radical (unpaired) electrons. The van der Waals surface area contributed by atoms with Crippen LogP contribution >= 0.6 is 0 Å². The molecule has 2 aromatic rings. The number of nitrogens with zero attached hydrogens (tertiary/aromatic N) is 2. The molecule has 2 aliphatic rings. The van der Waals surface area contributed by atoms with Crippen LogP contribution in [0.15, 0.2) is 36.5 Å². The molecule has 0 spiro atoms. The summed E-state index contributed by atoms with van der Waals surface area (Å²) in [6.45, 7) is 0. The Morgan fingerprint density at radius 3 is 2.54 bits per heavy atom. The summed E-state index contributed by atoms with van der Waals surface area (Å²) in [6.07, 6.45) is 7.21. The van der Waals surface area contributed by atoms with Crippen molar-refractivity contribution >= 4 is 22.7 Å². The Labute approximate surface area is 141 Å².